The van der Waals surface area contributed by atoms with Crippen LogP contribution in [0.5, 0.6) is 0 Å². The van der Waals surface area contributed by atoms with Gasteiger partial charge in [-0.05, 0) is 35.7 Å². The summed E-state index contributed by atoms with van der Waals surface area (Å²) in [6, 6.07) is 13.6. The number of carbonyl (C=O) groups is 1. The smallest absolute Gasteiger partial charge is 0.337 e. The van der Waals surface area contributed by atoms with Crippen molar-refractivity contribution >= 4 is 17.3 Å². The van der Waals surface area contributed by atoms with Crippen LogP contribution in [-0.2, 0) is 17.7 Å². The molecule has 0 unspecified atom stereocenters. The number of nitrogen functional groups attached to an aromatic ring is 1. The number of nitrogens with zero attached hydrogens (tertiary/aromatic N) is 1. The Bertz CT molecular complexity index is 682. The lowest BCUT2D eigenvalue weighted by atomic mass is 10.1. The molecule has 4 heteroatoms. The summed E-state index contributed by atoms with van der Waals surface area (Å²) in [6.07, 6.45) is 1.01. The first-order valence-electron chi connectivity index (χ1n) is 6.98. The number of fused-ring (bicyclic) bond motifs is 1. The van der Waals surface area contributed by atoms with Gasteiger partial charge in [-0.1, -0.05) is 24.3 Å². The molecule has 108 valence electrons. The topological polar surface area (TPSA) is 55.6 Å². The van der Waals surface area contributed by atoms with E-state index in [0.717, 1.165) is 36.4 Å². The number of anilines is 2. The van der Waals surface area contributed by atoms with E-state index in [-0.39, 0.29) is 5.97 Å². The number of hydrogen-bond donors (Lipinski definition) is 1. The van der Waals surface area contributed by atoms with Crippen molar-refractivity contribution in [1.29, 1.82) is 0 Å². The van der Waals surface area contributed by atoms with E-state index in [2.05, 4.69) is 11.0 Å². The van der Waals surface area contributed by atoms with Crippen LogP contribution in [0.4, 0.5) is 11.4 Å². The highest BCUT2D eigenvalue weighted by molar-refractivity contribution is 5.89. The van der Waals surface area contributed by atoms with Crippen molar-refractivity contribution in [3.63, 3.8) is 0 Å². The van der Waals surface area contributed by atoms with E-state index in [0.29, 0.717) is 5.56 Å². The van der Waals surface area contributed by atoms with Crippen molar-refractivity contribution in [1.82, 2.24) is 0 Å². The Kier molecular flexibility index (Phi) is 3.52. The number of carbonyl (C=O) groups excluding carboxylic acids is 1. The molecule has 0 saturated carbocycles. The van der Waals surface area contributed by atoms with Gasteiger partial charge in [0.05, 0.1) is 24.0 Å². The van der Waals surface area contributed by atoms with Crippen LogP contribution in [0.3, 0.4) is 0 Å². The molecule has 4 nitrogen and oxygen atoms in total. The van der Waals surface area contributed by atoms with Gasteiger partial charge < -0.3 is 15.4 Å². The highest BCUT2D eigenvalue weighted by atomic mass is 16.5. The molecular weight excluding hydrogens is 264 g/mol. The fraction of sp³-hybridized carbons (Fsp3) is 0.235. The normalized spacial score (nSPS) is 13.1. The highest BCUT2D eigenvalue weighted by Gasteiger charge is 2.21. The molecule has 0 spiro atoms. The molecule has 0 bridgehead atoms. The van der Waals surface area contributed by atoms with E-state index in [1.807, 2.05) is 30.3 Å². The van der Waals surface area contributed by atoms with E-state index in [4.69, 9.17) is 10.5 Å². The summed E-state index contributed by atoms with van der Waals surface area (Å²) in [5.41, 5.74) is 11.0. The molecule has 21 heavy (non-hydrogen) atoms. The minimum Gasteiger partial charge on any atom is -0.465 e. The number of ether oxygens (including phenoxy) is 1. The molecule has 1 aliphatic rings. The first-order valence-corrected chi connectivity index (χ1v) is 6.98. The SMILES string of the molecule is COC(=O)c1cccc(CN2CCc3cccc(N)c32)c1. The Hall–Kier alpha value is -2.49. The number of rotatable bonds is 3. The van der Waals surface area contributed by atoms with Crippen LogP contribution >= 0.6 is 0 Å². The highest BCUT2D eigenvalue weighted by Crippen LogP contribution is 2.34. The zero-order chi connectivity index (χ0) is 14.8. The van der Waals surface area contributed by atoms with E-state index < -0.39 is 0 Å². The Morgan fingerprint density at radius 2 is 2.10 bits per heavy atom. The van der Waals surface area contributed by atoms with Crippen molar-refractivity contribution in [2.45, 2.75) is 13.0 Å². The molecule has 2 aromatic carbocycles. The molecule has 1 heterocycles. The van der Waals surface area contributed by atoms with Gasteiger partial charge >= 0.3 is 5.97 Å². The first-order chi connectivity index (χ1) is 10.2. The van der Waals surface area contributed by atoms with Gasteiger partial charge in [0.25, 0.3) is 0 Å². The lowest BCUT2D eigenvalue weighted by Gasteiger charge is -2.21. The zero-order valence-corrected chi connectivity index (χ0v) is 12.0. The van der Waals surface area contributed by atoms with E-state index in [1.165, 1.54) is 12.7 Å². The fourth-order valence-corrected chi connectivity index (χ4v) is 2.86. The Morgan fingerprint density at radius 1 is 1.29 bits per heavy atom. The molecule has 0 saturated heterocycles. The Morgan fingerprint density at radius 3 is 2.90 bits per heavy atom. The third kappa shape index (κ3) is 2.57. The van der Waals surface area contributed by atoms with Gasteiger partial charge in [0.2, 0.25) is 0 Å². The minimum atomic E-state index is -0.307. The van der Waals surface area contributed by atoms with Crippen LogP contribution in [0, 0.1) is 0 Å². The average molecular weight is 282 g/mol. The van der Waals surface area contributed by atoms with Gasteiger partial charge in [-0.25, -0.2) is 4.79 Å². The maximum absolute atomic E-state index is 11.6. The average Bonchev–Trinajstić information content (AvgIpc) is 2.91. The zero-order valence-electron chi connectivity index (χ0n) is 12.0. The second-order valence-electron chi connectivity index (χ2n) is 5.22. The Balaban J connectivity index is 1.85. The fourth-order valence-electron chi connectivity index (χ4n) is 2.86. The minimum absolute atomic E-state index is 0.307. The van der Waals surface area contributed by atoms with Gasteiger partial charge in [0.1, 0.15) is 0 Å². The monoisotopic (exact) mass is 282 g/mol. The van der Waals surface area contributed by atoms with Gasteiger partial charge in [0, 0.05) is 13.1 Å². The Labute approximate surface area is 124 Å². The van der Waals surface area contributed by atoms with Gasteiger partial charge in [-0.15, -0.1) is 0 Å². The quantitative estimate of drug-likeness (QED) is 0.694. The predicted molar refractivity (Wildman–Crippen MR) is 83.4 cm³/mol. The number of esters is 1. The maximum atomic E-state index is 11.6. The summed E-state index contributed by atoms with van der Waals surface area (Å²) < 4.78 is 4.76. The molecule has 0 fully saturated rings. The van der Waals surface area contributed by atoms with Crippen molar-refractivity contribution in [3.05, 3.63) is 59.2 Å². The molecule has 0 atom stereocenters. The lowest BCUT2D eigenvalue weighted by molar-refractivity contribution is 0.0600. The molecule has 3 rings (SSSR count). The van der Waals surface area contributed by atoms with Crippen LogP contribution < -0.4 is 10.6 Å². The molecule has 0 aliphatic carbocycles. The third-order valence-electron chi connectivity index (χ3n) is 3.84. The molecule has 2 N–H and O–H groups in total. The summed E-state index contributed by atoms with van der Waals surface area (Å²) in [6.45, 7) is 1.69. The molecule has 0 radical (unpaired) electrons. The second kappa shape index (κ2) is 5.48. The summed E-state index contributed by atoms with van der Waals surface area (Å²) in [4.78, 5) is 13.9. The first kappa shape index (κ1) is 13.5. The summed E-state index contributed by atoms with van der Waals surface area (Å²) in [5.74, 6) is -0.307. The second-order valence-corrected chi connectivity index (χ2v) is 5.22. The number of methoxy groups -OCH3 is 1. The van der Waals surface area contributed by atoms with Crippen LogP contribution in [-0.4, -0.2) is 19.6 Å². The van der Waals surface area contributed by atoms with Gasteiger partial charge in [0.15, 0.2) is 0 Å². The van der Waals surface area contributed by atoms with E-state index in [1.54, 1.807) is 6.07 Å². The molecular formula is C17H18N2O2. The van der Waals surface area contributed by atoms with E-state index in [9.17, 15) is 4.79 Å². The number of benzene rings is 2. The lowest BCUT2D eigenvalue weighted by Crippen LogP contribution is -2.20. The summed E-state index contributed by atoms with van der Waals surface area (Å²) >= 11 is 0. The van der Waals surface area contributed by atoms with E-state index >= 15 is 0 Å². The van der Waals surface area contributed by atoms with Crippen molar-refractivity contribution in [3.8, 4) is 0 Å². The predicted octanol–water partition coefficient (Wildman–Crippen LogP) is 2.62. The summed E-state index contributed by atoms with van der Waals surface area (Å²) in [5, 5.41) is 0. The van der Waals surface area contributed by atoms with Gasteiger partial charge in [-0.3, -0.25) is 0 Å². The van der Waals surface area contributed by atoms with Crippen LogP contribution in [0.1, 0.15) is 21.5 Å². The van der Waals surface area contributed by atoms with Gasteiger partial charge in [-0.2, -0.15) is 0 Å². The number of nitrogens with two attached hydrogens (primary N) is 1. The molecule has 0 amide bonds. The maximum Gasteiger partial charge on any atom is 0.337 e. The number of para-hydroxylation sites is 1. The van der Waals surface area contributed by atoms with Crippen molar-refractivity contribution in [2.75, 3.05) is 24.3 Å². The van der Waals surface area contributed by atoms with Crippen LogP contribution in [0.2, 0.25) is 0 Å². The van der Waals surface area contributed by atoms with Crippen molar-refractivity contribution in [2.24, 2.45) is 0 Å². The molecule has 1 aliphatic heterocycles. The van der Waals surface area contributed by atoms with Crippen LogP contribution in [0.25, 0.3) is 0 Å². The summed E-state index contributed by atoms with van der Waals surface area (Å²) in [7, 11) is 1.40. The standard InChI is InChI=1S/C17H18N2O2/c1-21-17(20)14-6-2-4-12(10-14)11-19-9-8-13-5-3-7-15(18)16(13)19/h2-7,10H,8-9,11,18H2,1H3. The third-order valence-corrected chi connectivity index (χ3v) is 3.84. The largest absolute Gasteiger partial charge is 0.465 e. The molecule has 0 aromatic heterocycles. The van der Waals surface area contributed by atoms with Crippen molar-refractivity contribution < 1.29 is 9.53 Å². The number of hydrogen-bond acceptors (Lipinski definition) is 4. The molecule has 2 aromatic rings. The van der Waals surface area contributed by atoms with Crippen LogP contribution in [0.15, 0.2) is 42.5 Å².